The van der Waals surface area contributed by atoms with Gasteiger partial charge in [-0.25, -0.2) is 4.98 Å². The van der Waals surface area contributed by atoms with E-state index in [2.05, 4.69) is 26.0 Å². The monoisotopic (exact) mass is 408 g/mol. The molecule has 0 aliphatic heterocycles. The van der Waals surface area contributed by atoms with Crippen LogP contribution in [0.2, 0.25) is 0 Å². The van der Waals surface area contributed by atoms with E-state index in [4.69, 9.17) is 9.72 Å². The number of ether oxygens (including phenoxy) is 1. The van der Waals surface area contributed by atoms with Crippen molar-refractivity contribution in [2.75, 3.05) is 11.5 Å². The van der Waals surface area contributed by atoms with Crippen LogP contribution in [0.25, 0.3) is 11.3 Å². The number of aromatic nitrogens is 1. The smallest absolute Gasteiger partial charge is 0.233 e. The van der Waals surface area contributed by atoms with Gasteiger partial charge < -0.3 is 4.74 Å². The Balaban J connectivity index is 2.10. The Morgan fingerprint density at radius 3 is 2.45 bits per heavy atom. The highest BCUT2D eigenvalue weighted by Crippen LogP contribution is 2.40. The Morgan fingerprint density at radius 1 is 1.03 bits per heavy atom. The van der Waals surface area contributed by atoms with Crippen molar-refractivity contribution in [2.24, 2.45) is 0 Å². The minimum atomic E-state index is 0.0509. The van der Waals surface area contributed by atoms with Gasteiger partial charge in [-0.1, -0.05) is 62.7 Å². The zero-order valence-electron chi connectivity index (χ0n) is 17.4. The van der Waals surface area contributed by atoms with Gasteiger partial charge in [0.05, 0.1) is 18.0 Å². The molecule has 1 aromatic heterocycles. The molecule has 1 heterocycles. The Hall–Kier alpha value is -2.66. The maximum Gasteiger partial charge on any atom is 0.233 e. The van der Waals surface area contributed by atoms with Crippen molar-refractivity contribution < 1.29 is 9.53 Å². The molecule has 5 heteroatoms. The van der Waals surface area contributed by atoms with Crippen LogP contribution in [0, 0.1) is 0 Å². The summed E-state index contributed by atoms with van der Waals surface area (Å²) >= 11 is 1.58. The summed E-state index contributed by atoms with van der Waals surface area (Å²) in [4.78, 5) is 21.1. The van der Waals surface area contributed by atoms with Gasteiger partial charge in [0, 0.05) is 16.9 Å². The largest absolute Gasteiger partial charge is 0.492 e. The van der Waals surface area contributed by atoms with Gasteiger partial charge in [0.2, 0.25) is 5.91 Å². The molecule has 3 aromatic rings. The Morgan fingerprint density at radius 2 is 1.76 bits per heavy atom. The average molecular weight is 409 g/mol. The van der Waals surface area contributed by atoms with Gasteiger partial charge in [-0.15, -0.1) is 11.3 Å². The lowest BCUT2D eigenvalue weighted by Gasteiger charge is -2.22. The molecular weight excluding hydrogens is 380 g/mol. The minimum Gasteiger partial charge on any atom is -0.492 e. The summed E-state index contributed by atoms with van der Waals surface area (Å²) in [6.45, 7) is 6.71. The zero-order valence-corrected chi connectivity index (χ0v) is 18.2. The highest BCUT2D eigenvalue weighted by atomic mass is 32.1. The predicted molar refractivity (Wildman–Crippen MR) is 121 cm³/mol. The van der Waals surface area contributed by atoms with Gasteiger partial charge in [0.1, 0.15) is 5.75 Å². The molecule has 0 saturated carbocycles. The van der Waals surface area contributed by atoms with Crippen molar-refractivity contribution in [2.45, 2.75) is 46.5 Å². The molecule has 3 rings (SSSR count). The normalized spacial score (nSPS) is 10.7. The number of amides is 1. The molecular formula is C24H28N2O2S. The SMILES string of the molecule is CCCCC(=O)N(c1nc(-c2ccccc2)c(CC)s1)c1ccccc1OCC. The third kappa shape index (κ3) is 4.85. The maximum absolute atomic E-state index is 13.2. The van der Waals surface area contributed by atoms with Crippen LogP contribution in [0.3, 0.4) is 0 Å². The average Bonchev–Trinajstić information content (AvgIpc) is 3.18. The standard InChI is InChI=1S/C24H28N2O2S/c1-4-7-17-22(27)26(19-15-11-12-16-20(19)28-6-3)24-25-23(21(5-2)29-24)18-13-9-8-10-14-18/h8-16H,4-7,17H2,1-3H3. The van der Waals surface area contributed by atoms with Crippen molar-refractivity contribution >= 4 is 28.1 Å². The van der Waals surface area contributed by atoms with Crippen LogP contribution >= 0.6 is 11.3 Å². The van der Waals surface area contributed by atoms with E-state index in [1.54, 1.807) is 16.2 Å². The van der Waals surface area contributed by atoms with E-state index in [1.807, 2.05) is 49.4 Å². The number of hydrogen-bond acceptors (Lipinski definition) is 4. The van der Waals surface area contributed by atoms with Crippen molar-refractivity contribution in [1.82, 2.24) is 4.98 Å². The fraction of sp³-hybridized carbons (Fsp3) is 0.333. The van der Waals surface area contributed by atoms with E-state index in [0.717, 1.165) is 36.2 Å². The molecule has 29 heavy (non-hydrogen) atoms. The maximum atomic E-state index is 13.2. The number of thiazole rings is 1. The molecule has 0 aliphatic carbocycles. The second-order valence-corrected chi connectivity index (χ2v) is 7.78. The fourth-order valence-corrected chi connectivity index (χ4v) is 4.25. The van der Waals surface area contributed by atoms with E-state index < -0.39 is 0 Å². The van der Waals surface area contributed by atoms with Gasteiger partial charge in [-0.2, -0.15) is 0 Å². The van der Waals surface area contributed by atoms with Crippen molar-refractivity contribution in [1.29, 1.82) is 0 Å². The lowest BCUT2D eigenvalue weighted by Crippen LogP contribution is -2.26. The van der Waals surface area contributed by atoms with E-state index in [0.29, 0.717) is 23.9 Å². The lowest BCUT2D eigenvalue weighted by atomic mass is 10.1. The fourth-order valence-electron chi connectivity index (χ4n) is 3.20. The van der Waals surface area contributed by atoms with E-state index in [1.165, 1.54) is 4.88 Å². The molecule has 0 spiro atoms. The number of anilines is 2. The molecule has 0 saturated heterocycles. The number of unbranched alkanes of at least 4 members (excludes halogenated alkanes) is 1. The van der Waals surface area contributed by atoms with Crippen molar-refractivity contribution in [3.8, 4) is 17.0 Å². The molecule has 2 aromatic carbocycles. The third-order valence-electron chi connectivity index (χ3n) is 4.65. The van der Waals surface area contributed by atoms with E-state index >= 15 is 0 Å². The molecule has 0 bridgehead atoms. The first-order valence-electron chi connectivity index (χ1n) is 10.3. The molecule has 0 aliphatic rings. The molecule has 0 atom stereocenters. The summed E-state index contributed by atoms with van der Waals surface area (Å²) < 4.78 is 5.83. The lowest BCUT2D eigenvalue weighted by molar-refractivity contribution is -0.118. The summed E-state index contributed by atoms with van der Waals surface area (Å²) in [6.07, 6.45) is 3.17. The van der Waals surface area contributed by atoms with E-state index in [9.17, 15) is 4.79 Å². The molecule has 1 amide bonds. The number of carbonyl (C=O) groups is 1. The van der Waals surface area contributed by atoms with Crippen LogP contribution in [0.15, 0.2) is 54.6 Å². The number of rotatable bonds is 9. The van der Waals surface area contributed by atoms with Crippen LogP contribution < -0.4 is 9.64 Å². The van der Waals surface area contributed by atoms with Gasteiger partial charge in [0.25, 0.3) is 0 Å². The molecule has 152 valence electrons. The topological polar surface area (TPSA) is 42.4 Å². The van der Waals surface area contributed by atoms with Gasteiger partial charge in [-0.05, 0) is 31.9 Å². The number of benzene rings is 2. The highest BCUT2D eigenvalue weighted by molar-refractivity contribution is 7.16. The molecule has 4 nitrogen and oxygen atoms in total. The third-order valence-corrected chi connectivity index (χ3v) is 5.83. The van der Waals surface area contributed by atoms with Crippen LogP contribution in [0.5, 0.6) is 5.75 Å². The molecule has 0 fully saturated rings. The second-order valence-electron chi connectivity index (χ2n) is 6.72. The number of para-hydroxylation sites is 2. The highest BCUT2D eigenvalue weighted by Gasteiger charge is 2.25. The van der Waals surface area contributed by atoms with Crippen LogP contribution in [-0.2, 0) is 11.2 Å². The first-order chi connectivity index (χ1) is 14.2. The molecule has 0 radical (unpaired) electrons. The molecule has 0 N–H and O–H groups in total. The predicted octanol–water partition coefficient (Wildman–Crippen LogP) is 6.63. The van der Waals surface area contributed by atoms with Crippen LogP contribution in [-0.4, -0.2) is 17.5 Å². The quantitative estimate of drug-likeness (QED) is 0.399. The summed E-state index contributed by atoms with van der Waals surface area (Å²) in [7, 11) is 0. The Labute approximate surface area is 177 Å². The van der Waals surface area contributed by atoms with E-state index in [-0.39, 0.29) is 5.91 Å². The van der Waals surface area contributed by atoms with Gasteiger partial charge >= 0.3 is 0 Å². The second kappa shape index (κ2) is 10.2. The summed E-state index contributed by atoms with van der Waals surface area (Å²) in [5, 5.41) is 0.703. The summed E-state index contributed by atoms with van der Waals surface area (Å²) in [5.74, 6) is 0.754. The number of hydrogen-bond donors (Lipinski definition) is 0. The summed E-state index contributed by atoms with van der Waals surface area (Å²) in [5.41, 5.74) is 2.78. The number of aryl methyl sites for hydroxylation is 1. The zero-order chi connectivity index (χ0) is 20.6. The van der Waals surface area contributed by atoms with Crippen LogP contribution in [0.1, 0.15) is 44.9 Å². The summed E-state index contributed by atoms with van der Waals surface area (Å²) in [6, 6.07) is 17.9. The van der Waals surface area contributed by atoms with Crippen LogP contribution in [0.4, 0.5) is 10.8 Å². The number of nitrogens with zero attached hydrogens (tertiary/aromatic N) is 2. The number of carbonyl (C=O) groups excluding carboxylic acids is 1. The van der Waals surface area contributed by atoms with Gasteiger partial charge in [0.15, 0.2) is 5.13 Å². The first kappa shape index (κ1) is 21.1. The van der Waals surface area contributed by atoms with Crippen molar-refractivity contribution in [3.05, 3.63) is 59.5 Å². The van der Waals surface area contributed by atoms with Crippen molar-refractivity contribution in [3.63, 3.8) is 0 Å². The first-order valence-corrected chi connectivity index (χ1v) is 11.1. The Bertz CT molecular complexity index is 937. The molecule has 0 unspecified atom stereocenters. The van der Waals surface area contributed by atoms with Gasteiger partial charge in [-0.3, -0.25) is 9.69 Å². The minimum absolute atomic E-state index is 0.0509. The Kier molecular flexibility index (Phi) is 7.42.